The van der Waals surface area contributed by atoms with Crippen LogP contribution in [0.1, 0.15) is 53.9 Å². The van der Waals surface area contributed by atoms with E-state index in [1.807, 2.05) is 0 Å². The van der Waals surface area contributed by atoms with Crippen LogP contribution >= 0.6 is 0 Å². The molecule has 0 saturated heterocycles. The summed E-state index contributed by atoms with van der Waals surface area (Å²) in [5.41, 5.74) is 0. The lowest BCUT2D eigenvalue weighted by Crippen LogP contribution is -2.51. The molecule has 0 aromatic heterocycles. The lowest BCUT2D eigenvalue weighted by atomic mass is 9.98. The Labute approximate surface area is 121 Å². The number of rotatable bonds is 12. The van der Waals surface area contributed by atoms with Crippen LogP contribution in [0.5, 0.6) is 0 Å². The molecule has 1 unspecified atom stereocenters. The number of nitrogens with one attached hydrogen (secondary N) is 1. The maximum Gasteiger partial charge on any atom is 0.0589 e. The Bertz CT molecular complexity index is 193. The summed E-state index contributed by atoms with van der Waals surface area (Å²) in [7, 11) is 1.80. The Morgan fingerprint density at radius 2 is 1.74 bits per heavy atom. The smallest absolute Gasteiger partial charge is 0.0589 e. The second-order valence-electron chi connectivity index (χ2n) is 5.72. The summed E-state index contributed by atoms with van der Waals surface area (Å²) in [5, 5.41) is 3.59. The second-order valence-corrected chi connectivity index (χ2v) is 5.72. The second kappa shape index (κ2) is 11.7. The maximum absolute atomic E-state index is 5.30. The minimum Gasteiger partial charge on any atom is -0.383 e. The van der Waals surface area contributed by atoms with Crippen molar-refractivity contribution in [1.29, 1.82) is 0 Å². The number of hydrogen-bond donors (Lipinski definition) is 1. The van der Waals surface area contributed by atoms with Gasteiger partial charge in [0.25, 0.3) is 0 Å². The monoisotopic (exact) mass is 272 g/mol. The Balaban J connectivity index is 4.69. The molecule has 0 radical (unpaired) electrons. The van der Waals surface area contributed by atoms with E-state index < -0.39 is 0 Å². The Morgan fingerprint density at radius 1 is 1.11 bits per heavy atom. The minimum absolute atomic E-state index is 0.603. The van der Waals surface area contributed by atoms with E-state index in [4.69, 9.17) is 4.74 Å². The number of nitrogens with zero attached hydrogens (tertiary/aromatic N) is 1. The fourth-order valence-corrected chi connectivity index (χ4v) is 2.74. The van der Waals surface area contributed by atoms with Crippen molar-refractivity contribution in [3.8, 4) is 0 Å². The first-order valence-corrected chi connectivity index (χ1v) is 8.07. The zero-order valence-corrected chi connectivity index (χ0v) is 14.0. The van der Waals surface area contributed by atoms with Crippen molar-refractivity contribution in [2.45, 2.75) is 66.0 Å². The van der Waals surface area contributed by atoms with Gasteiger partial charge in [0.15, 0.2) is 0 Å². The predicted molar refractivity (Wildman–Crippen MR) is 84.7 cm³/mol. The first kappa shape index (κ1) is 18.9. The van der Waals surface area contributed by atoms with E-state index in [9.17, 15) is 0 Å². The van der Waals surface area contributed by atoms with Gasteiger partial charge < -0.3 is 10.1 Å². The van der Waals surface area contributed by atoms with Crippen molar-refractivity contribution in [2.75, 3.05) is 33.4 Å². The van der Waals surface area contributed by atoms with Gasteiger partial charge in [0.2, 0.25) is 0 Å². The van der Waals surface area contributed by atoms with Crippen molar-refractivity contribution in [3.63, 3.8) is 0 Å². The molecule has 0 aliphatic heterocycles. The van der Waals surface area contributed by atoms with E-state index in [0.717, 1.165) is 26.2 Å². The van der Waals surface area contributed by atoms with Gasteiger partial charge in [-0.3, -0.25) is 4.90 Å². The zero-order valence-electron chi connectivity index (χ0n) is 14.0. The molecule has 0 saturated carbocycles. The standard InChI is InChI=1S/C16H36N2O/c1-7-10-17-13-16(14(4)5)18(11-12-19-6)15(8-2)9-3/h14-17H,7-13H2,1-6H3. The molecule has 3 nitrogen and oxygen atoms in total. The van der Waals surface area contributed by atoms with E-state index >= 15 is 0 Å². The molecule has 0 amide bonds. The average molecular weight is 272 g/mol. The Morgan fingerprint density at radius 3 is 2.16 bits per heavy atom. The first-order chi connectivity index (χ1) is 9.12. The molecule has 0 aliphatic rings. The lowest BCUT2D eigenvalue weighted by Gasteiger charge is -2.40. The Kier molecular flexibility index (Phi) is 11.6. The molecule has 1 atom stereocenters. The van der Waals surface area contributed by atoms with Gasteiger partial charge in [-0.2, -0.15) is 0 Å². The molecule has 3 heteroatoms. The van der Waals surface area contributed by atoms with Crippen molar-refractivity contribution in [1.82, 2.24) is 10.2 Å². The largest absolute Gasteiger partial charge is 0.383 e. The van der Waals surface area contributed by atoms with Gasteiger partial charge in [-0.25, -0.2) is 0 Å². The maximum atomic E-state index is 5.30. The predicted octanol–water partition coefficient (Wildman–Crippen LogP) is 3.15. The molecule has 0 fully saturated rings. The molecule has 0 heterocycles. The summed E-state index contributed by atoms with van der Waals surface area (Å²) in [6.45, 7) is 15.6. The molecule has 0 aromatic carbocycles. The number of methoxy groups -OCH3 is 1. The fraction of sp³-hybridized carbons (Fsp3) is 1.00. The molecular formula is C16H36N2O. The topological polar surface area (TPSA) is 24.5 Å². The normalized spacial score (nSPS) is 13.7. The molecule has 0 rings (SSSR count). The fourth-order valence-electron chi connectivity index (χ4n) is 2.74. The highest BCUT2D eigenvalue weighted by atomic mass is 16.5. The van der Waals surface area contributed by atoms with Crippen LogP contribution in [0.2, 0.25) is 0 Å². The summed E-state index contributed by atoms with van der Waals surface area (Å²) in [6, 6.07) is 1.28. The van der Waals surface area contributed by atoms with E-state index in [1.165, 1.54) is 19.3 Å². The molecule has 0 bridgehead atoms. The van der Waals surface area contributed by atoms with E-state index in [0.29, 0.717) is 18.0 Å². The molecule has 1 N–H and O–H groups in total. The van der Waals surface area contributed by atoms with Crippen molar-refractivity contribution < 1.29 is 4.74 Å². The highest BCUT2D eigenvalue weighted by Gasteiger charge is 2.26. The molecular weight excluding hydrogens is 236 g/mol. The van der Waals surface area contributed by atoms with Crippen LogP contribution in [0, 0.1) is 5.92 Å². The summed E-state index contributed by atoms with van der Waals surface area (Å²) < 4.78 is 5.30. The van der Waals surface area contributed by atoms with Gasteiger partial charge in [-0.15, -0.1) is 0 Å². The average Bonchev–Trinajstić information content (AvgIpc) is 2.40. The van der Waals surface area contributed by atoms with Gasteiger partial charge >= 0.3 is 0 Å². The number of ether oxygens (including phenoxy) is 1. The van der Waals surface area contributed by atoms with Crippen LogP contribution in [0.25, 0.3) is 0 Å². The van der Waals surface area contributed by atoms with Crippen LogP contribution in [0.15, 0.2) is 0 Å². The van der Waals surface area contributed by atoms with Crippen LogP contribution in [-0.2, 0) is 4.74 Å². The van der Waals surface area contributed by atoms with Gasteiger partial charge in [-0.1, -0.05) is 34.6 Å². The quantitative estimate of drug-likeness (QED) is 0.552. The van der Waals surface area contributed by atoms with Crippen LogP contribution in [0.3, 0.4) is 0 Å². The molecule has 19 heavy (non-hydrogen) atoms. The van der Waals surface area contributed by atoms with Crippen molar-refractivity contribution in [3.05, 3.63) is 0 Å². The van der Waals surface area contributed by atoms with Crippen LogP contribution in [-0.4, -0.2) is 50.3 Å². The lowest BCUT2D eigenvalue weighted by molar-refractivity contribution is 0.0598. The minimum atomic E-state index is 0.603. The van der Waals surface area contributed by atoms with Crippen LogP contribution in [0.4, 0.5) is 0 Å². The van der Waals surface area contributed by atoms with Gasteiger partial charge in [0.05, 0.1) is 6.61 Å². The molecule has 0 aromatic rings. The van der Waals surface area contributed by atoms with Gasteiger partial charge in [0, 0.05) is 32.3 Å². The molecule has 0 aliphatic carbocycles. The van der Waals surface area contributed by atoms with Gasteiger partial charge in [-0.05, 0) is 31.7 Å². The highest BCUT2D eigenvalue weighted by molar-refractivity contribution is 4.82. The molecule has 116 valence electrons. The number of hydrogen-bond acceptors (Lipinski definition) is 3. The van der Waals surface area contributed by atoms with Crippen molar-refractivity contribution in [2.24, 2.45) is 5.92 Å². The van der Waals surface area contributed by atoms with Crippen molar-refractivity contribution >= 4 is 0 Å². The third kappa shape index (κ3) is 7.28. The summed E-state index contributed by atoms with van der Waals surface area (Å²) >= 11 is 0. The third-order valence-corrected chi connectivity index (χ3v) is 3.94. The SMILES string of the molecule is CCCNCC(C(C)C)N(CCOC)C(CC)CC. The summed E-state index contributed by atoms with van der Waals surface area (Å²) in [5.74, 6) is 0.668. The van der Waals surface area contributed by atoms with Crippen LogP contribution < -0.4 is 5.32 Å². The van der Waals surface area contributed by atoms with E-state index in [1.54, 1.807) is 7.11 Å². The molecule has 0 spiro atoms. The third-order valence-electron chi connectivity index (χ3n) is 3.94. The first-order valence-electron chi connectivity index (χ1n) is 8.07. The zero-order chi connectivity index (χ0) is 14.7. The van der Waals surface area contributed by atoms with Gasteiger partial charge in [0.1, 0.15) is 0 Å². The highest BCUT2D eigenvalue weighted by Crippen LogP contribution is 2.18. The summed E-state index contributed by atoms with van der Waals surface area (Å²) in [6.07, 6.45) is 3.64. The van der Waals surface area contributed by atoms with E-state index in [-0.39, 0.29) is 0 Å². The summed E-state index contributed by atoms with van der Waals surface area (Å²) in [4.78, 5) is 2.66. The Hall–Kier alpha value is -0.120. The van der Waals surface area contributed by atoms with E-state index in [2.05, 4.69) is 44.8 Å².